The van der Waals surface area contributed by atoms with E-state index in [1.54, 1.807) is 15.6 Å². The van der Waals surface area contributed by atoms with Gasteiger partial charge >= 0.3 is 6.09 Å². The van der Waals surface area contributed by atoms with E-state index < -0.39 is 5.60 Å². The molecule has 0 aromatic carbocycles. The maximum Gasteiger partial charge on any atom is 0.410 e. The lowest BCUT2D eigenvalue weighted by molar-refractivity contribution is 0.0105. The Balaban J connectivity index is 1.34. The Morgan fingerprint density at radius 1 is 1.18 bits per heavy atom. The lowest BCUT2D eigenvalue weighted by atomic mass is 10.1. The topological polar surface area (TPSA) is 99.9 Å². The number of carbonyl (C=O) groups is 1. The van der Waals surface area contributed by atoms with Crippen molar-refractivity contribution in [2.24, 2.45) is 0 Å². The fraction of sp³-hybridized carbons (Fsp3) is 0.478. The average molecular weight is 451 g/mol. The molecule has 2 saturated heterocycles. The Bertz CT molecular complexity index is 1140. The van der Waals surface area contributed by atoms with Crippen LogP contribution in [-0.4, -0.2) is 81.5 Å². The van der Waals surface area contributed by atoms with Gasteiger partial charge in [-0.25, -0.2) is 19.3 Å². The fourth-order valence-corrected chi connectivity index (χ4v) is 4.10. The van der Waals surface area contributed by atoms with E-state index in [1.165, 1.54) is 0 Å². The minimum absolute atomic E-state index is 0.109. The van der Waals surface area contributed by atoms with Gasteiger partial charge in [-0.15, -0.1) is 0 Å². The number of nitrogens with one attached hydrogen (secondary N) is 2. The standard InChI is InChI=1S/C23H30N8O2/c1-23(2,3)33-22(32)30-14-16(15-30)27-20-17(5-4-7-25-20)18-13-26-31-10-6-19(28-21(18)31)29-11-8-24-9-12-29/h4-7,10,13,16,24H,8-9,11-12,14-15H2,1-3H3,(H,25,27). The summed E-state index contributed by atoms with van der Waals surface area (Å²) in [6.45, 7) is 10.5. The first kappa shape index (κ1) is 21.4. The van der Waals surface area contributed by atoms with E-state index in [4.69, 9.17) is 9.72 Å². The molecule has 33 heavy (non-hydrogen) atoms. The SMILES string of the molecule is CC(C)(C)OC(=O)N1CC(Nc2ncccc2-c2cnn3ccc(N4CCNCC4)nc23)C1. The van der Waals surface area contributed by atoms with Crippen LogP contribution < -0.4 is 15.5 Å². The van der Waals surface area contributed by atoms with Gasteiger partial charge in [0.15, 0.2) is 5.65 Å². The van der Waals surface area contributed by atoms with E-state index >= 15 is 0 Å². The molecule has 0 spiro atoms. The van der Waals surface area contributed by atoms with Gasteiger partial charge in [0.2, 0.25) is 0 Å². The lowest BCUT2D eigenvalue weighted by Gasteiger charge is -2.40. The summed E-state index contributed by atoms with van der Waals surface area (Å²) in [5.41, 5.74) is 2.16. The van der Waals surface area contributed by atoms with Crippen LogP contribution in [0.5, 0.6) is 0 Å². The summed E-state index contributed by atoms with van der Waals surface area (Å²) in [6.07, 6.45) is 5.27. The Morgan fingerprint density at radius 2 is 1.97 bits per heavy atom. The number of likely N-dealkylation sites (tertiary alicyclic amines) is 1. The average Bonchev–Trinajstić information content (AvgIpc) is 3.18. The van der Waals surface area contributed by atoms with Gasteiger partial charge in [0.05, 0.1) is 17.8 Å². The second kappa shape index (κ2) is 8.51. The van der Waals surface area contributed by atoms with Crippen molar-refractivity contribution in [2.75, 3.05) is 49.5 Å². The van der Waals surface area contributed by atoms with Crippen LogP contribution in [-0.2, 0) is 4.74 Å². The highest BCUT2D eigenvalue weighted by molar-refractivity contribution is 5.84. The molecule has 10 heteroatoms. The van der Waals surface area contributed by atoms with E-state index in [9.17, 15) is 4.79 Å². The molecule has 0 aliphatic carbocycles. The van der Waals surface area contributed by atoms with Crippen LogP contribution in [0, 0.1) is 0 Å². The van der Waals surface area contributed by atoms with Crippen LogP contribution in [0.25, 0.3) is 16.8 Å². The molecule has 0 atom stereocenters. The summed E-state index contributed by atoms with van der Waals surface area (Å²) < 4.78 is 7.25. The predicted octanol–water partition coefficient (Wildman–Crippen LogP) is 2.23. The molecule has 1 amide bonds. The zero-order chi connectivity index (χ0) is 23.0. The largest absolute Gasteiger partial charge is 0.444 e. The number of fused-ring (bicyclic) bond motifs is 1. The molecule has 2 aliphatic heterocycles. The molecule has 3 aromatic heterocycles. The molecule has 0 unspecified atom stereocenters. The number of hydrogen-bond donors (Lipinski definition) is 2. The van der Waals surface area contributed by atoms with Gasteiger partial charge in [-0.2, -0.15) is 5.10 Å². The van der Waals surface area contributed by atoms with Crippen molar-refractivity contribution >= 4 is 23.4 Å². The van der Waals surface area contributed by atoms with Crippen molar-refractivity contribution in [3.05, 3.63) is 36.8 Å². The molecule has 10 nitrogen and oxygen atoms in total. The number of piperazine rings is 1. The molecule has 3 aromatic rings. The summed E-state index contributed by atoms with van der Waals surface area (Å²) in [5, 5.41) is 11.4. The lowest BCUT2D eigenvalue weighted by Crippen LogP contribution is -2.58. The van der Waals surface area contributed by atoms with Crippen LogP contribution in [0.2, 0.25) is 0 Å². The number of anilines is 2. The third-order valence-electron chi connectivity index (χ3n) is 5.77. The van der Waals surface area contributed by atoms with Crippen LogP contribution >= 0.6 is 0 Å². The Morgan fingerprint density at radius 3 is 2.73 bits per heavy atom. The van der Waals surface area contributed by atoms with Crippen molar-refractivity contribution < 1.29 is 9.53 Å². The number of pyridine rings is 1. The maximum atomic E-state index is 12.2. The minimum Gasteiger partial charge on any atom is -0.444 e. The molecule has 5 heterocycles. The molecule has 0 bridgehead atoms. The number of carbonyl (C=O) groups excluding carboxylic acids is 1. The molecule has 2 fully saturated rings. The quantitative estimate of drug-likeness (QED) is 0.624. The maximum absolute atomic E-state index is 12.2. The first-order valence-electron chi connectivity index (χ1n) is 11.4. The minimum atomic E-state index is -0.496. The normalized spacial score (nSPS) is 17.2. The van der Waals surface area contributed by atoms with E-state index in [2.05, 4.69) is 25.6 Å². The number of amides is 1. The number of rotatable bonds is 4. The summed E-state index contributed by atoms with van der Waals surface area (Å²) in [4.78, 5) is 25.7. The molecule has 2 N–H and O–H groups in total. The zero-order valence-electron chi connectivity index (χ0n) is 19.3. The molecule has 174 valence electrons. The second-order valence-corrected chi connectivity index (χ2v) is 9.48. The summed E-state index contributed by atoms with van der Waals surface area (Å²) in [7, 11) is 0. The molecular weight excluding hydrogens is 420 g/mol. The van der Waals surface area contributed by atoms with Crippen LogP contribution in [0.15, 0.2) is 36.8 Å². The number of hydrogen-bond acceptors (Lipinski definition) is 8. The summed E-state index contributed by atoms with van der Waals surface area (Å²) >= 11 is 0. The van der Waals surface area contributed by atoms with E-state index in [0.29, 0.717) is 13.1 Å². The zero-order valence-corrected chi connectivity index (χ0v) is 19.3. The molecular formula is C23H30N8O2. The molecule has 0 saturated carbocycles. The van der Waals surface area contributed by atoms with Gasteiger partial charge < -0.3 is 25.2 Å². The highest BCUT2D eigenvalue weighted by Crippen LogP contribution is 2.31. The van der Waals surface area contributed by atoms with Gasteiger partial charge in [0, 0.05) is 57.2 Å². The third kappa shape index (κ3) is 4.56. The number of ether oxygens (including phenoxy) is 1. The van der Waals surface area contributed by atoms with E-state index in [0.717, 1.165) is 54.6 Å². The van der Waals surface area contributed by atoms with E-state index in [1.807, 2.05) is 51.4 Å². The van der Waals surface area contributed by atoms with Gasteiger partial charge in [-0.05, 0) is 39.0 Å². The van der Waals surface area contributed by atoms with Crippen molar-refractivity contribution in [2.45, 2.75) is 32.4 Å². The molecule has 0 radical (unpaired) electrons. The summed E-state index contributed by atoms with van der Waals surface area (Å²) in [5.74, 6) is 1.71. The van der Waals surface area contributed by atoms with Crippen LogP contribution in [0.4, 0.5) is 16.4 Å². The second-order valence-electron chi connectivity index (χ2n) is 9.48. The Hall–Kier alpha value is -3.40. The first-order valence-corrected chi connectivity index (χ1v) is 11.4. The smallest absolute Gasteiger partial charge is 0.410 e. The van der Waals surface area contributed by atoms with Crippen LogP contribution in [0.3, 0.4) is 0 Å². The molecule has 5 rings (SSSR count). The monoisotopic (exact) mass is 450 g/mol. The van der Waals surface area contributed by atoms with Crippen molar-refractivity contribution in [1.29, 1.82) is 0 Å². The molecule has 2 aliphatic rings. The van der Waals surface area contributed by atoms with Crippen molar-refractivity contribution in [3.8, 4) is 11.1 Å². The first-order chi connectivity index (χ1) is 15.9. The highest BCUT2D eigenvalue weighted by Gasteiger charge is 2.34. The predicted molar refractivity (Wildman–Crippen MR) is 127 cm³/mol. The van der Waals surface area contributed by atoms with E-state index in [-0.39, 0.29) is 12.1 Å². The van der Waals surface area contributed by atoms with Crippen LogP contribution in [0.1, 0.15) is 20.8 Å². The Labute approximate surface area is 192 Å². The van der Waals surface area contributed by atoms with Crippen molar-refractivity contribution in [1.82, 2.24) is 29.8 Å². The third-order valence-corrected chi connectivity index (χ3v) is 5.77. The van der Waals surface area contributed by atoms with Gasteiger partial charge in [0.1, 0.15) is 17.2 Å². The number of nitrogens with zero attached hydrogens (tertiary/aromatic N) is 6. The summed E-state index contributed by atoms with van der Waals surface area (Å²) in [6, 6.07) is 6.06. The fourth-order valence-electron chi connectivity index (χ4n) is 4.10. The van der Waals surface area contributed by atoms with Gasteiger partial charge in [-0.3, -0.25) is 0 Å². The highest BCUT2D eigenvalue weighted by atomic mass is 16.6. The Kier molecular flexibility index (Phi) is 5.53. The van der Waals surface area contributed by atoms with Crippen molar-refractivity contribution in [3.63, 3.8) is 0 Å². The van der Waals surface area contributed by atoms with Gasteiger partial charge in [-0.1, -0.05) is 0 Å². The van der Waals surface area contributed by atoms with Gasteiger partial charge in [0.25, 0.3) is 0 Å². The number of aromatic nitrogens is 4.